The highest BCUT2D eigenvalue weighted by atomic mass is 16.5. The summed E-state index contributed by atoms with van der Waals surface area (Å²) in [6, 6.07) is 5.43. The van der Waals surface area contributed by atoms with E-state index in [1.807, 2.05) is 12.1 Å². The highest BCUT2D eigenvalue weighted by molar-refractivity contribution is 5.98. The average molecular weight is 318 g/mol. The summed E-state index contributed by atoms with van der Waals surface area (Å²) in [4.78, 5) is 25.8. The standard InChI is InChI=1S/C17H22N2O4/c1-3-5-8-23-11-6-7-14-12(9-11)13(10-18-15(20)4-2)16(19-14)17(21)22/h6-7,9,19H,3-5,8,10H2,1-2H3,(H,18,20)(H,21,22). The number of amides is 1. The van der Waals surface area contributed by atoms with Gasteiger partial charge in [-0.1, -0.05) is 20.3 Å². The summed E-state index contributed by atoms with van der Waals surface area (Å²) < 4.78 is 5.68. The molecule has 1 aromatic carbocycles. The Balaban J connectivity index is 2.34. The maximum absolute atomic E-state index is 11.5. The molecule has 0 saturated carbocycles. The number of rotatable bonds is 8. The molecule has 0 spiro atoms. The number of ether oxygens (including phenoxy) is 1. The van der Waals surface area contributed by atoms with Crippen molar-refractivity contribution in [2.24, 2.45) is 0 Å². The number of benzene rings is 1. The molecule has 0 fully saturated rings. The van der Waals surface area contributed by atoms with E-state index < -0.39 is 5.97 Å². The fourth-order valence-electron chi connectivity index (χ4n) is 2.33. The van der Waals surface area contributed by atoms with Crippen LogP contribution in [0.3, 0.4) is 0 Å². The van der Waals surface area contributed by atoms with Gasteiger partial charge in [-0.05, 0) is 24.6 Å². The van der Waals surface area contributed by atoms with Gasteiger partial charge in [0.25, 0.3) is 0 Å². The van der Waals surface area contributed by atoms with Gasteiger partial charge in [-0.15, -0.1) is 0 Å². The molecule has 6 heteroatoms. The molecule has 0 atom stereocenters. The number of aromatic amines is 1. The van der Waals surface area contributed by atoms with Crippen LogP contribution in [0.25, 0.3) is 10.9 Å². The van der Waals surface area contributed by atoms with Gasteiger partial charge >= 0.3 is 5.97 Å². The van der Waals surface area contributed by atoms with Crippen LogP contribution in [0.5, 0.6) is 5.75 Å². The molecule has 23 heavy (non-hydrogen) atoms. The molecule has 0 unspecified atom stereocenters. The van der Waals surface area contributed by atoms with Crippen LogP contribution < -0.4 is 10.1 Å². The van der Waals surface area contributed by atoms with E-state index in [2.05, 4.69) is 17.2 Å². The van der Waals surface area contributed by atoms with Crippen molar-refractivity contribution in [1.29, 1.82) is 0 Å². The molecule has 1 aromatic heterocycles. The zero-order chi connectivity index (χ0) is 16.8. The summed E-state index contributed by atoms with van der Waals surface area (Å²) in [5.41, 5.74) is 1.38. The average Bonchev–Trinajstić information content (AvgIpc) is 2.91. The Kier molecular flexibility index (Phi) is 5.62. The summed E-state index contributed by atoms with van der Waals surface area (Å²) >= 11 is 0. The summed E-state index contributed by atoms with van der Waals surface area (Å²) in [7, 11) is 0. The highest BCUT2D eigenvalue weighted by Gasteiger charge is 2.18. The molecular formula is C17H22N2O4. The van der Waals surface area contributed by atoms with Gasteiger partial charge in [0.1, 0.15) is 11.4 Å². The van der Waals surface area contributed by atoms with E-state index in [0.29, 0.717) is 29.9 Å². The molecule has 1 heterocycles. The Bertz CT molecular complexity index is 706. The first-order chi connectivity index (χ1) is 11.1. The van der Waals surface area contributed by atoms with Gasteiger partial charge in [-0.25, -0.2) is 4.79 Å². The van der Waals surface area contributed by atoms with Crippen LogP contribution in [0, 0.1) is 0 Å². The van der Waals surface area contributed by atoms with Gasteiger partial charge in [-0.2, -0.15) is 0 Å². The summed E-state index contributed by atoms with van der Waals surface area (Å²) in [5, 5.41) is 12.8. The number of carboxylic acids is 1. The van der Waals surface area contributed by atoms with Crippen molar-refractivity contribution in [2.45, 2.75) is 39.7 Å². The molecule has 1 amide bonds. The normalized spacial score (nSPS) is 10.7. The maximum Gasteiger partial charge on any atom is 0.352 e. The zero-order valence-electron chi connectivity index (χ0n) is 13.4. The van der Waals surface area contributed by atoms with E-state index in [9.17, 15) is 14.7 Å². The molecule has 0 bridgehead atoms. The van der Waals surface area contributed by atoms with Crippen molar-refractivity contribution < 1.29 is 19.4 Å². The van der Waals surface area contributed by atoms with Crippen molar-refractivity contribution in [1.82, 2.24) is 10.3 Å². The van der Waals surface area contributed by atoms with E-state index in [-0.39, 0.29) is 18.1 Å². The molecule has 2 rings (SSSR count). The van der Waals surface area contributed by atoms with Crippen molar-refractivity contribution in [3.05, 3.63) is 29.5 Å². The first kappa shape index (κ1) is 16.9. The number of unbranched alkanes of at least 4 members (excludes halogenated alkanes) is 1. The van der Waals surface area contributed by atoms with Crippen LogP contribution in [0.1, 0.15) is 49.2 Å². The number of fused-ring (bicyclic) bond motifs is 1. The second-order valence-corrected chi connectivity index (χ2v) is 5.32. The third kappa shape index (κ3) is 4.03. The minimum Gasteiger partial charge on any atom is -0.494 e. The molecule has 0 aliphatic carbocycles. The lowest BCUT2D eigenvalue weighted by molar-refractivity contribution is -0.120. The lowest BCUT2D eigenvalue weighted by Gasteiger charge is -2.07. The molecule has 0 aliphatic heterocycles. The quantitative estimate of drug-likeness (QED) is 0.652. The van der Waals surface area contributed by atoms with E-state index in [1.54, 1.807) is 13.0 Å². The second kappa shape index (κ2) is 7.67. The third-order valence-electron chi connectivity index (χ3n) is 3.64. The Morgan fingerprint density at radius 2 is 2.09 bits per heavy atom. The summed E-state index contributed by atoms with van der Waals surface area (Å²) in [6.07, 6.45) is 2.37. The van der Waals surface area contributed by atoms with Crippen LogP contribution in [-0.2, 0) is 11.3 Å². The molecular weight excluding hydrogens is 296 g/mol. The number of carbonyl (C=O) groups is 2. The lowest BCUT2D eigenvalue weighted by Crippen LogP contribution is -2.22. The third-order valence-corrected chi connectivity index (χ3v) is 3.64. The van der Waals surface area contributed by atoms with E-state index in [1.165, 1.54) is 0 Å². The molecule has 0 aliphatic rings. The van der Waals surface area contributed by atoms with Crippen LogP contribution in [0.4, 0.5) is 0 Å². The van der Waals surface area contributed by atoms with Gasteiger partial charge in [-0.3, -0.25) is 4.79 Å². The number of aromatic nitrogens is 1. The smallest absolute Gasteiger partial charge is 0.352 e. The van der Waals surface area contributed by atoms with Gasteiger partial charge in [0.2, 0.25) is 5.91 Å². The predicted octanol–water partition coefficient (Wildman–Crippen LogP) is 3.07. The first-order valence-electron chi connectivity index (χ1n) is 7.84. The molecule has 0 radical (unpaired) electrons. The first-order valence-corrected chi connectivity index (χ1v) is 7.84. The molecule has 0 saturated heterocycles. The van der Waals surface area contributed by atoms with E-state index in [0.717, 1.165) is 18.2 Å². The highest BCUT2D eigenvalue weighted by Crippen LogP contribution is 2.27. The second-order valence-electron chi connectivity index (χ2n) is 5.32. The SMILES string of the molecule is CCCCOc1ccc2[nH]c(C(=O)O)c(CNC(=O)CC)c2c1. The van der Waals surface area contributed by atoms with Crippen molar-refractivity contribution >= 4 is 22.8 Å². The molecule has 2 aromatic rings. The topological polar surface area (TPSA) is 91.4 Å². The Morgan fingerprint density at radius 3 is 2.74 bits per heavy atom. The Labute approximate surface area is 134 Å². The maximum atomic E-state index is 11.5. The number of aromatic carboxylic acids is 1. The largest absolute Gasteiger partial charge is 0.494 e. The Morgan fingerprint density at radius 1 is 1.30 bits per heavy atom. The minimum absolute atomic E-state index is 0.0992. The lowest BCUT2D eigenvalue weighted by atomic mass is 10.1. The fourth-order valence-corrected chi connectivity index (χ4v) is 2.33. The number of carboxylic acid groups (broad SMARTS) is 1. The number of hydrogen-bond acceptors (Lipinski definition) is 3. The Hall–Kier alpha value is -2.50. The van der Waals surface area contributed by atoms with Gasteiger partial charge in [0, 0.05) is 29.4 Å². The van der Waals surface area contributed by atoms with Crippen molar-refractivity contribution in [2.75, 3.05) is 6.61 Å². The summed E-state index contributed by atoms with van der Waals surface area (Å²) in [6.45, 7) is 4.64. The zero-order valence-corrected chi connectivity index (χ0v) is 13.4. The minimum atomic E-state index is -1.05. The van der Waals surface area contributed by atoms with Gasteiger partial charge in [0.05, 0.1) is 6.61 Å². The number of H-pyrrole nitrogens is 1. The van der Waals surface area contributed by atoms with Crippen LogP contribution in [0.15, 0.2) is 18.2 Å². The molecule has 6 nitrogen and oxygen atoms in total. The number of carbonyl (C=O) groups excluding carboxylic acids is 1. The number of nitrogens with one attached hydrogen (secondary N) is 2. The van der Waals surface area contributed by atoms with Crippen molar-refractivity contribution in [3.63, 3.8) is 0 Å². The monoisotopic (exact) mass is 318 g/mol. The molecule has 3 N–H and O–H groups in total. The van der Waals surface area contributed by atoms with Crippen molar-refractivity contribution in [3.8, 4) is 5.75 Å². The van der Waals surface area contributed by atoms with E-state index in [4.69, 9.17) is 4.74 Å². The fraction of sp³-hybridized carbons (Fsp3) is 0.412. The van der Waals surface area contributed by atoms with Gasteiger partial charge in [0.15, 0.2) is 0 Å². The molecule has 124 valence electrons. The summed E-state index contributed by atoms with van der Waals surface area (Å²) in [5.74, 6) is -0.466. The van der Waals surface area contributed by atoms with Crippen LogP contribution in [0.2, 0.25) is 0 Å². The van der Waals surface area contributed by atoms with Crippen LogP contribution >= 0.6 is 0 Å². The van der Waals surface area contributed by atoms with E-state index >= 15 is 0 Å². The predicted molar refractivity (Wildman–Crippen MR) is 87.8 cm³/mol. The van der Waals surface area contributed by atoms with Crippen LogP contribution in [-0.4, -0.2) is 28.6 Å². The van der Waals surface area contributed by atoms with Gasteiger partial charge < -0.3 is 20.1 Å². The number of hydrogen-bond donors (Lipinski definition) is 3.